The van der Waals surface area contributed by atoms with Crippen LogP contribution in [0.2, 0.25) is 0 Å². The van der Waals surface area contributed by atoms with E-state index in [4.69, 9.17) is 11.0 Å². The molecule has 2 N–H and O–H groups in total. The number of nitrogens with two attached hydrogens (primary N) is 1. The summed E-state index contributed by atoms with van der Waals surface area (Å²) in [7, 11) is 0. The van der Waals surface area contributed by atoms with Gasteiger partial charge in [0.2, 0.25) is 0 Å². The average Bonchev–Trinajstić information content (AvgIpc) is 2.52. The lowest BCUT2D eigenvalue weighted by molar-refractivity contribution is 0.621. The van der Waals surface area contributed by atoms with Gasteiger partial charge in [0.1, 0.15) is 5.82 Å². The first-order valence-corrected chi connectivity index (χ1v) is 7.17. The molecular formula is C17H19FN4. The normalized spacial score (nSPS) is 11.7. The van der Waals surface area contributed by atoms with Crippen LogP contribution in [0.5, 0.6) is 0 Å². The zero-order chi connectivity index (χ0) is 15.9. The molecule has 1 aromatic carbocycles. The molecule has 4 nitrogen and oxygen atoms in total. The summed E-state index contributed by atoms with van der Waals surface area (Å²) in [5.41, 5.74) is 8.60. The van der Waals surface area contributed by atoms with Gasteiger partial charge in [-0.3, -0.25) is 4.98 Å². The van der Waals surface area contributed by atoms with Crippen molar-refractivity contribution < 1.29 is 4.39 Å². The third-order valence-corrected chi connectivity index (χ3v) is 3.41. The smallest absolute Gasteiger partial charge is 0.123 e. The number of pyridine rings is 1. The lowest BCUT2D eigenvalue weighted by Crippen LogP contribution is -2.26. The second kappa shape index (κ2) is 7.53. The standard InChI is InChI=1S/C17H19FN4/c1-13(20)16-10-15(18)5-6-17(16)22(9-3-7-19)12-14-4-2-8-21-11-14/h2,4-6,8,10-11,13H,3,9,12,20H2,1H3. The maximum Gasteiger partial charge on any atom is 0.123 e. The number of benzene rings is 1. The fraction of sp³-hybridized carbons (Fsp3) is 0.294. The average molecular weight is 298 g/mol. The van der Waals surface area contributed by atoms with Crippen LogP contribution in [0.25, 0.3) is 0 Å². The van der Waals surface area contributed by atoms with Crippen LogP contribution in [0.4, 0.5) is 10.1 Å². The Bertz CT molecular complexity index is 649. The summed E-state index contributed by atoms with van der Waals surface area (Å²) in [6.07, 6.45) is 3.89. The number of nitrogens with zero attached hydrogens (tertiary/aromatic N) is 3. The summed E-state index contributed by atoms with van der Waals surface area (Å²) in [6.45, 7) is 2.97. The van der Waals surface area contributed by atoms with E-state index in [1.54, 1.807) is 18.5 Å². The van der Waals surface area contributed by atoms with Crippen LogP contribution in [0, 0.1) is 17.1 Å². The molecule has 0 aliphatic rings. The van der Waals surface area contributed by atoms with Crippen molar-refractivity contribution in [2.24, 2.45) is 5.73 Å². The molecule has 0 spiro atoms. The molecule has 0 saturated carbocycles. The van der Waals surface area contributed by atoms with Crippen molar-refractivity contribution in [2.75, 3.05) is 11.4 Å². The first-order chi connectivity index (χ1) is 10.6. The zero-order valence-electron chi connectivity index (χ0n) is 12.5. The molecule has 114 valence electrons. The molecular weight excluding hydrogens is 279 g/mol. The highest BCUT2D eigenvalue weighted by atomic mass is 19.1. The molecule has 2 rings (SSSR count). The summed E-state index contributed by atoms with van der Waals surface area (Å²) < 4.78 is 13.5. The highest BCUT2D eigenvalue weighted by molar-refractivity contribution is 5.55. The Hall–Kier alpha value is -2.45. The third-order valence-electron chi connectivity index (χ3n) is 3.41. The topological polar surface area (TPSA) is 65.9 Å². The van der Waals surface area contributed by atoms with Gasteiger partial charge in [-0.1, -0.05) is 6.07 Å². The highest BCUT2D eigenvalue weighted by Crippen LogP contribution is 2.27. The quantitative estimate of drug-likeness (QED) is 0.889. The largest absolute Gasteiger partial charge is 0.366 e. The number of hydrogen-bond donors (Lipinski definition) is 1. The number of anilines is 1. The zero-order valence-corrected chi connectivity index (χ0v) is 12.5. The summed E-state index contributed by atoms with van der Waals surface area (Å²) in [5, 5.41) is 8.88. The molecule has 0 fully saturated rings. The van der Waals surface area contributed by atoms with Gasteiger partial charge in [0.05, 0.1) is 12.5 Å². The molecule has 1 atom stereocenters. The molecule has 2 aromatic rings. The Kier molecular flexibility index (Phi) is 5.45. The fourth-order valence-electron chi connectivity index (χ4n) is 2.36. The van der Waals surface area contributed by atoms with E-state index in [-0.39, 0.29) is 11.9 Å². The SMILES string of the molecule is CC(N)c1cc(F)ccc1N(CCC#N)Cc1cccnc1. The van der Waals surface area contributed by atoms with Crippen molar-refractivity contribution in [2.45, 2.75) is 25.9 Å². The van der Waals surface area contributed by atoms with Gasteiger partial charge in [0, 0.05) is 37.2 Å². The van der Waals surface area contributed by atoms with Crippen LogP contribution in [-0.4, -0.2) is 11.5 Å². The summed E-state index contributed by atoms with van der Waals surface area (Å²) in [5.74, 6) is -0.308. The maximum atomic E-state index is 13.5. The lowest BCUT2D eigenvalue weighted by atomic mass is 10.0. The molecule has 0 aliphatic heterocycles. The third kappa shape index (κ3) is 4.03. The van der Waals surface area contributed by atoms with Crippen molar-refractivity contribution in [1.82, 2.24) is 4.98 Å². The van der Waals surface area contributed by atoms with Crippen LogP contribution < -0.4 is 10.6 Å². The number of rotatable bonds is 6. The minimum Gasteiger partial charge on any atom is -0.366 e. The second-order valence-electron chi connectivity index (χ2n) is 5.18. The molecule has 0 amide bonds. The summed E-state index contributed by atoms with van der Waals surface area (Å²) in [4.78, 5) is 6.15. The minimum absolute atomic E-state index is 0.288. The van der Waals surface area contributed by atoms with Gasteiger partial charge in [0.25, 0.3) is 0 Å². The van der Waals surface area contributed by atoms with Crippen molar-refractivity contribution in [1.29, 1.82) is 5.26 Å². The van der Waals surface area contributed by atoms with E-state index in [1.165, 1.54) is 12.1 Å². The molecule has 1 unspecified atom stereocenters. The molecule has 0 aliphatic carbocycles. The Labute approximate surface area is 130 Å². The van der Waals surface area contributed by atoms with E-state index in [0.717, 1.165) is 16.8 Å². The lowest BCUT2D eigenvalue weighted by Gasteiger charge is -2.27. The predicted molar refractivity (Wildman–Crippen MR) is 84.5 cm³/mol. The van der Waals surface area contributed by atoms with Crippen molar-refractivity contribution in [3.63, 3.8) is 0 Å². The molecule has 5 heteroatoms. The Balaban J connectivity index is 2.35. The number of aromatic nitrogens is 1. The highest BCUT2D eigenvalue weighted by Gasteiger charge is 2.15. The van der Waals surface area contributed by atoms with Gasteiger partial charge in [-0.05, 0) is 42.3 Å². The minimum atomic E-state index is -0.308. The molecule has 1 aromatic heterocycles. The van der Waals surface area contributed by atoms with Crippen LogP contribution in [0.3, 0.4) is 0 Å². The van der Waals surface area contributed by atoms with Gasteiger partial charge in [0.15, 0.2) is 0 Å². The molecule has 1 heterocycles. The van der Waals surface area contributed by atoms with Crippen LogP contribution >= 0.6 is 0 Å². The molecule has 22 heavy (non-hydrogen) atoms. The van der Waals surface area contributed by atoms with E-state index < -0.39 is 0 Å². The van der Waals surface area contributed by atoms with Gasteiger partial charge < -0.3 is 10.6 Å². The van der Waals surface area contributed by atoms with Crippen molar-refractivity contribution in [3.05, 3.63) is 59.7 Å². The van der Waals surface area contributed by atoms with E-state index in [1.807, 2.05) is 24.0 Å². The first-order valence-electron chi connectivity index (χ1n) is 7.17. The van der Waals surface area contributed by atoms with E-state index >= 15 is 0 Å². The molecule has 0 bridgehead atoms. The van der Waals surface area contributed by atoms with E-state index in [9.17, 15) is 4.39 Å². The van der Waals surface area contributed by atoms with E-state index in [0.29, 0.717) is 19.5 Å². The van der Waals surface area contributed by atoms with Gasteiger partial charge >= 0.3 is 0 Å². The number of hydrogen-bond acceptors (Lipinski definition) is 4. The predicted octanol–water partition coefficient (Wildman–Crippen LogP) is 3.16. The van der Waals surface area contributed by atoms with Crippen LogP contribution in [0.1, 0.15) is 30.5 Å². The second-order valence-corrected chi connectivity index (χ2v) is 5.18. The number of nitriles is 1. The van der Waals surface area contributed by atoms with Crippen LogP contribution in [0.15, 0.2) is 42.7 Å². The fourth-order valence-corrected chi connectivity index (χ4v) is 2.36. The summed E-state index contributed by atoms with van der Waals surface area (Å²) >= 11 is 0. The Morgan fingerprint density at radius 3 is 2.86 bits per heavy atom. The van der Waals surface area contributed by atoms with E-state index in [2.05, 4.69) is 11.1 Å². The number of halogens is 1. The van der Waals surface area contributed by atoms with Crippen molar-refractivity contribution in [3.8, 4) is 6.07 Å². The monoisotopic (exact) mass is 298 g/mol. The van der Waals surface area contributed by atoms with Crippen LogP contribution in [-0.2, 0) is 6.54 Å². The molecule has 0 radical (unpaired) electrons. The Morgan fingerprint density at radius 1 is 1.41 bits per heavy atom. The van der Waals surface area contributed by atoms with Crippen molar-refractivity contribution >= 4 is 5.69 Å². The summed E-state index contributed by atoms with van der Waals surface area (Å²) in [6, 6.07) is 10.3. The first kappa shape index (κ1) is 15.9. The molecule has 0 saturated heterocycles. The maximum absolute atomic E-state index is 13.5. The van der Waals surface area contributed by atoms with Gasteiger partial charge in [-0.25, -0.2) is 4.39 Å². The van der Waals surface area contributed by atoms with Gasteiger partial charge in [-0.2, -0.15) is 5.26 Å². The van der Waals surface area contributed by atoms with Gasteiger partial charge in [-0.15, -0.1) is 0 Å². The Morgan fingerprint density at radius 2 is 2.23 bits per heavy atom.